The molecule has 0 aliphatic rings. The predicted octanol–water partition coefficient (Wildman–Crippen LogP) is 0.921. The number of carbonyl (C=O) groups excluding carboxylic acids is 1. The van der Waals surface area contributed by atoms with Gasteiger partial charge in [-0.25, -0.2) is 0 Å². The fourth-order valence-electron chi connectivity index (χ4n) is 1.65. The lowest BCUT2D eigenvalue weighted by molar-refractivity contribution is 0.0379. The normalized spacial score (nSPS) is 12.5. The van der Waals surface area contributed by atoms with Crippen LogP contribution in [0.5, 0.6) is 0 Å². The molecule has 0 aliphatic carbocycles. The molecule has 1 atom stereocenters. The second-order valence-corrected chi connectivity index (χ2v) is 3.91. The third-order valence-electron chi connectivity index (χ3n) is 2.49. The lowest BCUT2D eigenvalue weighted by Crippen LogP contribution is -2.36. The van der Waals surface area contributed by atoms with E-state index in [1.807, 2.05) is 6.92 Å². The summed E-state index contributed by atoms with van der Waals surface area (Å²) in [6, 6.07) is 1.65. The molecule has 0 spiro atoms. The van der Waals surface area contributed by atoms with Crippen LogP contribution in [0.4, 0.5) is 0 Å². The minimum atomic E-state index is -0.675. The molecule has 0 aliphatic heterocycles. The van der Waals surface area contributed by atoms with Gasteiger partial charge < -0.3 is 19.2 Å². The molecular formula is C12H19NO4. The van der Waals surface area contributed by atoms with Crippen LogP contribution in [0.15, 0.2) is 16.7 Å². The molecule has 0 saturated carbocycles. The number of hydrogen-bond donors (Lipinski definition) is 1. The van der Waals surface area contributed by atoms with Crippen molar-refractivity contribution in [2.45, 2.75) is 19.4 Å². The molecule has 17 heavy (non-hydrogen) atoms. The number of rotatable bonds is 6. The Morgan fingerprint density at radius 1 is 1.65 bits per heavy atom. The first-order valence-corrected chi connectivity index (χ1v) is 5.59. The summed E-state index contributed by atoms with van der Waals surface area (Å²) in [7, 11) is 3.16. The Kier molecular flexibility index (Phi) is 5.18. The largest absolute Gasteiger partial charge is 0.469 e. The Hall–Kier alpha value is -1.33. The zero-order valence-electron chi connectivity index (χ0n) is 10.5. The first kappa shape index (κ1) is 13.7. The van der Waals surface area contributed by atoms with E-state index in [4.69, 9.17) is 9.15 Å². The molecule has 1 N–H and O–H groups in total. The summed E-state index contributed by atoms with van der Waals surface area (Å²) in [5.41, 5.74) is 0.555. The summed E-state index contributed by atoms with van der Waals surface area (Å²) >= 11 is 0. The molecule has 0 saturated heterocycles. The van der Waals surface area contributed by atoms with Crippen LogP contribution in [0, 0.1) is 0 Å². The van der Waals surface area contributed by atoms with E-state index in [9.17, 15) is 9.90 Å². The fourth-order valence-corrected chi connectivity index (χ4v) is 1.65. The summed E-state index contributed by atoms with van der Waals surface area (Å²) in [5.74, 6) is 0.522. The van der Waals surface area contributed by atoms with Gasteiger partial charge in [-0.3, -0.25) is 4.79 Å². The van der Waals surface area contributed by atoms with Gasteiger partial charge in [0.15, 0.2) is 0 Å². The fraction of sp³-hybridized carbons (Fsp3) is 0.583. The number of nitrogens with zero attached hydrogens (tertiary/aromatic N) is 1. The minimum absolute atomic E-state index is 0.147. The van der Waals surface area contributed by atoms with Crippen molar-refractivity contribution in [3.05, 3.63) is 23.7 Å². The number of aliphatic hydroxyl groups excluding tert-OH is 1. The minimum Gasteiger partial charge on any atom is -0.469 e. The van der Waals surface area contributed by atoms with Crippen molar-refractivity contribution in [2.75, 3.05) is 27.3 Å². The van der Waals surface area contributed by atoms with Gasteiger partial charge in [0.1, 0.15) is 5.76 Å². The first-order chi connectivity index (χ1) is 8.10. The van der Waals surface area contributed by atoms with E-state index < -0.39 is 6.10 Å². The van der Waals surface area contributed by atoms with Crippen LogP contribution >= 0.6 is 0 Å². The number of amides is 1. The van der Waals surface area contributed by atoms with Gasteiger partial charge in [-0.05, 0) is 6.07 Å². The number of furan rings is 1. The molecule has 1 rings (SSSR count). The van der Waals surface area contributed by atoms with Crippen LogP contribution < -0.4 is 0 Å². The number of carbonyl (C=O) groups is 1. The number of ether oxygens (including phenoxy) is 1. The van der Waals surface area contributed by atoms with E-state index in [-0.39, 0.29) is 19.1 Å². The molecule has 0 bridgehead atoms. The summed E-state index contributed by atoms with van der Waals surface area (Å²) < 4.78 is 10.0. The van der Waals surface area contributed by atoms with Crippen LogP contribution in [-0.4, -0.2) is 49.3 Å². The molecule has 1 aromatic heterocycles. The second kappa shape index (κ2) is 6.42. The van der Waals surface area contributed by atoms with Gasteiger partial charge >= 0.3 is 0 Å². The molecule has 0 radical (unpaired) electrons. The average molecular weight is 241 g/mol. The number of hydrogen-bond acceptors (Lipinski definition) is 4. The molecule has 5 heteroatoms. The molecule has 1 unspecified atom stereocenters. The number of aryl methyl sites for hydroxylation is 1. The highest BCUT2D eigenvalue weighted by molar-refractivity contribution is 5.95. The smallest absolute Gasteiger partial charge is 0.257 e. The Morgan fingerprint density at radius 3 is 2.94 bits per heavy atom. The quantitative estimate of drug-likeness (QED) is 0.804. The molecular weight excluding hydrogens is 222 g/mol. The topological polar surface area (TPSA) is 62.9 Å². The van der Waals surface area contributed by atoms with E-state index in [0.29, 0.717) is 17.7 Å². The zero-order chi connectivity index (χ0) is 12.8. The van der Waals surface area contributed by atoms with Gasteiger partial charge in [0.2, 0.25) is 0 Å². The van der Waals surface area contributed by atoms with Gasteiger partial charge in [0, 0.05) is 27.1 Å². The summed E-state index contributed by atoms with van der Waals surface area (Å²) in [4.78, 5) is 13.5. The number of likely N-dealkylation sites (N-methyl/N-ethyl adjacent to an activating group) is 1. The van der Waals surface area contributed by atoms with Crippen LogP contribution in [0.2, 0.25) is 0 Å². The van der Waals surface area contributed by atoms with Gasteiger partial charge in [-0.15, -0.1) is 0 Å². The van der Waals surface area contributed by atoms with Crippen molar-refractivity contribution in [1.82, 2.24) is 4.90 Å². The van der Waals surface area contributed by atoms with Crippen molar-refractivity contribution >= 4 is 5.91 Å². The number of methoxy groups -OCH3 is 1. The second-order valence-electron chi connectivity index (χ2n) is 3.91. The van der Waals surface area contributed by atoms with E-state index >= 15 is 0 Å². The lowest BCUT2D eigenvalue weighted by atomic mass is 10.2. The summed E-state index contributed by atoms with van der Waals surface area (Å²) in [6.45, 7) is 2.38. The highest BCUT2D eigenvalue weighted by Gasteiger charge is 2.19. The van der Waals surface area contributed by atoms with Crippen molar-refractivity contribution in [1.29, 1.82) is 0 Å². The van der Waals surface area contributed by atoms with Gasteiger partial charge in [-0.2, -0.15) is 0 Å². The first-order valence-electron chi connectivity index (χ1n) is 5.59. The van der Waals surface area contributed by atoms with Crippen molar-refractivity contribution in [2.24, 2.45) is 0 Å². The van der Waals surface area contributed by atoms with E-state index in [1.54, 1.807) is 13.1 Å². The maximum absolute atomic E-state index is 12.0. The third kappa shape index (κ3) is 3.57. The van der Waals surface area contributed by atoms with Gasteiger partial charge in [0.25, 0.3) is 5.91 Å². The van der Waals surface area contributed by atoms with Crippen molar-refractivity contribution in [3.63, 3.8) is 0 Å². The molecule has 1 heterocycles. The Bertz CT molecular complexity index is 361. The summed E-state index contributed by atoms with van der Waals surface area (Å²) in [5, 5.41) is 9.55. The van der Waals surface area contributed by atoms with E-state index in [0.717, 1.165) is 0 Å². The zero-order valence-corrected chi connectivity index (χ0v) is 10.5. The lowest BCUT2D eigenvalue weighted by Gasteiger charge is -2.20. The van der Waals surface area contributed by atoms with Crippen LogP contribution in [-0.2, 0) is 11.2 Å². The van der Waals surface area contributed by atoms with E-state index in [1.165, 1.54) is 18.3 Å². The predicted molar refractivity (Wildman–Crippen MR) is 62.9 cm³/mol. The van der Waals surface area contributed by atoms with Crippen molar-refractivity contribution < 1.29 is 19.1 Å². The molecule has 5 nitrogen and oxygen atoms in total. The average Bonchev–Trinajstić information content (AvgIpc) is 2.76. The highest BCUT2D eigenvalue weighted by Crippen LogP contribution is 2.13. The molecule has 1 amide bonds. The molecule has 0 fully saturated rings. The Morgan fingerprint density at radius 2 is 2.35 bits per heavy atom. The van der Waals surface area contributed by atoms with Gasteiger partial charge in [-0.1, -0.05) is 6.92 Å². The maximum Gasteiger partial charge on any atom is 0.257 e. The molecule has 96 valence electrons. The van der Waals surface area contributed by atoms with Crippen LogP contribution in [0.3, 0.4) is 0 Å². The monoisotopic (exact) mass is 241 g/mol. The van der Waals surface area contributed by atoms with E-state index in [2.05, 4.69) is 0 Å². The van der Waals surface area contributed by atoms with Crippen LogP contribution in [0.25, 0.3) is 0 Å². The standard InChI is InChI=1S/C12H19NO4/c1-4-11-10(5-6-17-11)12(15)13(2)7-9(14)8-16-3/h5-6,9,14H,4,7-8H2,1-3H3. The van der Waals surface area contributed by atoms with Crippen LogP contribution in [0.1, 0.15) is 23.0 Å². The Labute approximate surface area is 101 Å². The Balaban J connectivity index is 2.63. The third-order valence-corrected chi connectivity index (χ3v) is 2.49. The highest BCUT2D eigenvalue weighted by atomic mass is 16.5. The maximum atomic E-state index is 12.0. The number of aliphatic hydroxyl groups is 1. The molecule has 1 aromatic rings. The van der Waals surface area contributed by atoms with Crippen molar-refractivity contribution in [3.8, 4) is 0 Å². The van der Waals surface area contributed by atoms with Gasteiger partial charge in [0.05, 0.1) is 24.5 Å². The summed E-state index contributed by atoms with van der Waals surface area (Å²) in [6.07, 6.45) is 1.50. The molecule has 0 aromatic carbocycles. The SMILES string of the molecule is CCc1occc1C(=O)N(C)CC(O)COC.